The van der Waals surface area contributed by atoms with Gasteiger partial charge in [0.1, 0.15) is 0 Å². The molecule has 0 atom stereocenters. The minimum Gasteiger partial charge on any atom is -0.481 e. The van der Waals surface area contributed by atoms with E-state index >= 15 is 0 Å². The zero-order valence-electron chi connectivity index (χ0n) is 11.0. The van der Waals surface area contributed by atoms with Crippen molar-refractivity contribution in [2.75, 3.05) is 5.32 Å². The molecule has 0 spiro atoms. The van der Waals surface area contributed by atoms with Gasteiger partial charge in [0.2, 0.25) is 5.91 Å². The van der Waals surface area contributed by atoms with Crippen LogP contribution in [-0.2, 0) is 16.0 Å². The van der Waals surface area contributed by atoms with Crippen LogP contribution in [0.2, 0.25) is 0 Å². The molecule has 0 bridgehead atoms. The Morgan fingerprint density at radius 1 is 1.33 bits per heavy atom. The van der Waals surface area contributed by atoms with E-state index < -0.39 is 11.4 Å². The van der Waals surface area contributed by atoms with E-state index in [1.165, 1.54) is 13.8 Å². The SMILES string of the molecule is CCc1cccc(NC(=O)CC(C)(C)C(=O)O)c1. The minimum atomic E-state index is -1.05. The molecule has 1 amide bonds. The van der Waals surface area contributed by atoms with Crippen molar-refractivity contribution < 1.29 is 14.7 Å². The molecule has 0 radical (unpaired) electrons. The number of hydrogen-bond donors (Lipinski definition) is 2. The molecular formula is C14H19NO3. The molecule has 18 heavy (non-hydrogen) atoms. The number of aryl methyl sites for hydroxylation is 1. The number of carbonyl (C=O) groups excluding carboxylic acids is 1. The number of carboxylic acid groups (broad SMARTS) is 1. The monoisotopic (exact) mass is 249 g/mol. The molecule has 0 fully saturated rings. The Kier molecular flexibility index (Phi) is 4.48. The number of carboxylic acids is 1. The molecule has 1 aromatic rings. The fourth-order valence-electron chi connectivity index (χ4n) is 1.55. The molecule has 0 aromatic heterocycles. The van der Waals surface area contributed by atoms with Crippen LogP contribution in [0.3, 0.4) is 0 Å². The van der Waals surface area contributed by atoms with Gasteiger partial charge in [-0.2, -0.15) is 0 Å². The number of amides is 1. The van der Waals surface area contributed by atoms with Gasteiger partial charge in [-0.3, -0.25) is 9.59 Å². The van der Waals surface area contributed by atoms with E-state index in [0.717, 1.165) is 12.0 Å². The molecule has 0 saturated carbocycles. The van der Waals surface area contributed by atoms with Gasteiger partial charge in [-0.1, -0.05) is 19.1 Å². The van der Waals surface area contributed by atoms with E-state index in [2.05, 4.69) is 5.32 Å². The van der Waals surface area contributed by atoms with Gasteiger partial charge in [0, 0.05) is 12.1 Å². The van der Waals surface area contributed by atoms with E-state index in [-0.39, 0.29) is 12.3 Å². The second kappa shape index (κ2) is 5.67. The van der Waals surface area contributed by atoms with Gasteiger partial charge in [0.15, 0.2) is 0 Å². The predicted octanol–water partition coefficient (Wildman–Crippen LogP) is 2.69. The molecule has 4 nitrogen and oxygen atoms in total. The van der Waals surface area contributed by atoms with E-state index in [0.29, 0.717) is 5.69 Å². The lowest BCUT2D eigenvalue weighted by atomic mass is 9.89. The first-order valence-corrected chi connectivity index (χ1v) is 5.97. The van der Waals surface area contributed by atoms with Crippen LogP contribution >= 0.6 is 0 Å². The summed E-state index contributed by atoms with van der Waals surface area (Å²) in [6, 6.07) is 7.55. The summed E-state index contributed by atoms with van der Waals surface area (Å²) in [5.74, 6) is -1.25. The third kappa shape index (κ3) is 3.87. The van der Waals surface area contributed by atoms with Crippen molar-refractivity contribution in [1.82, 2.24) is 0 Å². The fourth-order valence-corrected chi connectivity index (χ4v) is 1.55. The highest BCUT2D eigenvalue weighted by molar-refractivity contribution is 5.94. The largest absolute Gasteiger partial charge is 0.481 e. The molecule has 2 N–H and O–H groups in total. The highest BCUT2D eigenvalue weighted by Gasteiger charge is 2.30. The van der Waals surface area contributed by atoms with Crippen molar-refractivity contribution in [2.24, 2.45) is 5.41 Å². The number of aliphatic carboxylic acids is 1. The molecule has 1 rings (SSSR count). The van der Waals surface area contributed by atoms with E-state index in [1.807, 2.05) is 25.1 Å². The van der Waals surface area contributed by atoms with Crippen LogP contribution in [0.4, 0.5) is 5.69 Å². The van der Waals surface area contributed by atoms with Crippen LogP contribution in [0.5, 0.6) is 0 Å². The number of nitrogens with one attached hydrogen (secondary N) is 1. The van der Waals surface area contributed by atoms with E-state index in [9.17, 15) is 9.59 Å². The summed E-state index contributed by atoms with van der Waals surface area (Å²) in [5, 5.41) is 11.7. The summed E-state index contributed by atoms with van der Waals surface area (Å²) in [7, 11) is 0. The normalized spacial score (nSPS) is 11.1. The lowest BCUT2D eigenvalue weighted by Gasteiger charge is -2.18. The smallest absolute Gasteiger partial charge is 0.309 e. The van der Waals surface area contributed by atoms with Crippen LogP contribution in [0, 0.1) is 5.41 Å². The summed E-state index contributed by atoms with van der Waals surface area (Å²) in [5.41, 5.74) is 0.790. The summed E-state index contributed by atoms with van der Waals surface area (Å²) >= 11 is 0. The van der Waals surface area contributed by atoms with Crippen LogP contribution in [0.1, 0.15) is 32.8 Å². The lowest BCUT2D eigenvalue weighted by Crippen LogP contribution is -2.29. The first-order valence-electron chi connectivity index (χ1n) is 5.97. The van der Waals surface area contributed by atoms with Crippen LogP contribution in [-0.4, -0.2) is 17.0 Å². The Labute approximate surface area is 107 Å². The Morgan fingerprint density at radius 3 is 2.56 bits per heavy atom. The van der Waals surface area contributed by atoms with Crippen molar-refractivity contribution in [3.8, 4) is 0 Å². The summed E-state index contributed by atoms with van der Waals surface area (Å²) in [6.07, 6.45) is 0.850. The molecule has 0 aliphatic rings. The molecular weight excluding hydrogens is 230 g/mol. The Hall–Kier alpha value is -1.84. The van der Waals surface area contributed by atoms with Crippen LogP contribution in [0.15, 0.2) is 24.3 Å². The zero-order valence-corrected chi connectivity index (χ0v) is 11.0. The number of rotatable bonds is 5. The predicted molar refractivity (Wildman–Crippen MR) is 70.5 cm³/mol. The second-order valence-electron chi connectivity index (χ2n) is 4.97. The highest BCUT2D eigenvalue weighted by Crippen LogP contribution is 2.21. The first kappa shape index (κ1) is 14.2. The van der Waals surface area contributed by atoms with Crippen molar-refractivity contribution in [1.29, 1.82) is 0 Å². The first-order chi connectivity index (χ1) is 8.35. The molecule has 98 valence electrons. The van der Waals surface area contributed by atoms with Gasteiger partial charge in [0.25, 0.3) is 0 Å². The van der Waals surface area contributed by atoms with Crippen molar-refractivity contribution >= 4 is 17.6 Å². The third-order valence-electron chi connectivity index (χ3n) is 2.80. The maximum Gasteiger partial charge on any atom is 0.309 e. The van der Waals surface area contributed by atoms with Gasteiger partial charge < -0.3 is 10.4 Å². The maximum atomic E-state index is 11.8. The van der Waals surface area contributed by atoms with Crippen molar-refractivity contribution in [3.05, 3.63) is 29.8 Å². The third-order valence-corrected chi connectivity index (χ3v) is 2.80. The van der Waals surface area contributed by atoms with Crippen LogP contribution in [0.25, 0.3) is 0 Å². The van der Waals surface area contributed by atoms with E-state index in [1.54, 1.807) is 6.07 Å². The van der Waals surface area contributed by atoms with Crippen molar-refractivity contribution in [2.45, 2.75) is 33.6 Å². The summed E-state index contributed by atoms with van der Waals surface area (Å²) in [6.45, 7) is 5.11. The number of hydrogen-bond acceptors (Lipinski definition) is 2. The van der Waals surface area contributed by atoms with Gasteiger partial charge in [-0.15, -0.1) is 0 Å². The number of carbonyl (C=O) groups is 2. The molecule has 0 saturated heterocycles. The molecule has 0 aliphatic heterocycles. The number of benzene rings is 1. The molecule has 4 heteroatoms. The Balaban J connectivity index is 2.67. The standard InChI is InChI=1S/C14H19NO3/c1-4-10-6-5-7-11(8-10)15-12(16)9-14(2,3)13(17)18/h5-8H,4,9H2,1-3H3,(H,15,16)(H,17,18). The lowest BCUT2D eigenvalue weighted by molar-refractivity contribution is -0.148. The highest BCUT2D eigenvalue weighted by atomic mass is 16.4. The zero-order chi connectivity index (χ0) is 13.8. The molecule has 0 aliphatic carbocycles. The summed E-state index contributed by atoms with van der Waals surface area (Å²) in [4.78, 5) is 22.7. The fraction of sp³-hybridized carbons (Fsp3) is 0.429. The number of anilines is 1. The van der Waals surface area contributed by atoms with E-state index in [4.69, 9.17) is 5.11 Å². The maximum absolute atomic E-state index is 11.8. The van der Waals surface area contributed by atoms with Gasteiger partial charge in [-0.05, 0) is 38.0 Å². The minimum absolute atomic E-state index is 0.0430. The van der Waals surface area contributed by atoms with Gasteiger partial charge >= 0.3 is 5.97 Å². The Morgan fingerprint density at radius 2 is 2.00 bits per heavy atom. The summed E-state index contributed by atoms with van der Waals surface area (Å²) < 4.78 is 0. The Bertz CT molecular complexity index is 452. The second-order valence-corrected chi connectivity index (χ2v) is 4.97. The molecule has 1 aromatic carbocycles. The van der Waals surface area contributed by atoms with Gasteiger partial charge in [0.05, 0.1) is 5.41 Å². The average molecular weight is 249 g/mol. The average Bonchev–Trinajstić information content (AvgIpc) is 2.28. The van der Waals surface area contributed by atoms with Gasteiger partial charge in [-0.25, -0.2) is 0 Å². The molecule has 0 heterocycles. The van der Waals surface area contributed by atoms with Crippen molar-refractivity contribution in [3.63, 3.8) is 0 Å². The quantitative estimate of drug-likeness (QED) is 0.843. The molecule has 0 unspecified atom stereocenters. The topological polar surface area (TPSA) is 66.4 Å². The van der Waals surface area contributed by atoms with Crippen LogP contribution < -0.4 is 5.32 Å².